The summed E-state index contributed by atoms with van der Waals surface area (Å²) in [4.78, 5) is 12.0. The van der Waals surface area contributed by atoms with Crippen LogP contribution >= 0.6 is 0 Å². The predicted molar refractivity (Wildman–Crippen MR) is 74.4 cm³/mol. The lowest BCUT2D eigenvalue weighted by atomic mass is 9.89. The number of esters is 1. The highest BCUT2D eigenvalue weighted by molar-refractivity contribution is 5.89. The predicted octanol–water partition coefficient (Wildman–Crippen LogP) is 3.82. The fourth-order valence-electron chi connectivity index (χ4n) is 2.56. The first-order valence-corrected chi connectivity index (χ1v) is 7.13. The van der Waals surface area contributed by atoms with E-state index >= 15 is 0 Å². The summed E-state index contributed by atoms with van der Waals surface area (Å²) < 4.78 is 10.9. The van der Waals surface area contributed by atoms with E-state index in [0.29, 0.717) is 18.1 Å². The third kappa shape index (κ3) is 3.98. The van der Waals surface area contributed by atoms with Gasteiger partial charge in [-0.05, 0) is 56.4 Å². The van der Waals surface area contributed by atoms with Crippen molar-refractivity contribution >= 4 is 5.97 Å². The minimum Gasteiger partial charge on any atom is -0.494 e. The average Bonchev–Trinajstić information content (AvgIpc) is 2.40. The van der Waals surface area contributed by atoms with Crippen LogP contribution in [0.25, 0.3) is 0 Å². The van der Waals surface area contributed by atoms with Gasteiger partial charge in [-0.2, -0.15) is 0 Å². The Morgan fingerprint density at radius 3 is 2.63 bits per heavy atom. The summed E-state index contributed by atoms with van der Waals surface area (Å²) in [6, 6.07) is 7.15. The van der Waals surface area contributed by atoms with Gasteiger partial charge in [0.25, 0.3) is 0 Å². The quantitative estimate of drug-likeness (QED) is 0.774. The Bertz CT molecular complexity index is 411. The summed E-state index contributed by atoms with van der Waals surface area (Å²) in [5.41, 5.74) is 0.599. The molecule has 1 fully saturated rings. The van der Waals surface area contributed by atoms with Crippen LogP contribution < -0.4 is 4.74 Å². The van der Waals surface area contributed by atoms with Crippen molar-refractivity contribution in [1.29, 1.82) is 0 Å². The van der Waals surface area contributed by atoms with Crippen molar-refractivity contribution in [2.75, 3.05) is 6.61 Å². The van der Waals surface area contributed by atoms with Crippen LogP contribution in [0.15, 0.2) is 24.3 Å². The van der Waals surface area contributed by atoms with Gasteiger partial charge in [-0.3, -0.25) is 0 Å². The molecule has 1 aliphatic rings. The Balaban J connectivity index is 1.91. The van der Waals surface area contributed by atoms with E-state index in [0.717, 1.165) is 25.0 Å². The summed E-state index contributed by atoms with van der Waals surface area (Å²) in [7, 11) is 0. The van der Waals surface area contributed by atoms with Crippen LogP contribution in [0.5, 0.6) is 5.75 Å². The molecule has 0 heterocycles. The Labute approximate surface area is 114 Å². The molecule has 3 heteroatoms. The summed E-state index contributed by atoms with van der Waals surface area (Å²) in [6.07, 6.45) is 4.47. The highest BCUT2D eigenvalue weighted by Crippen LogP contribution is 2.26. The van der Waals surface area contributed by atoms with Gasteiger partial charge in [0.15, 0.2) is 0 Å². The molecule has 2 unspecified atom stereocenters. The van der Waals surface area contributed by atoms with Gasteiger partial charge in [-0.15, -0.1) is 0 Å². The molecule has 0 saturated heterocycles. The fraction of sp³-hybridized carbons (Fsp3) is 0.562. The number of rotatable bonds is 4. The smallest absolute Gasteiger partial charge is 0.338 e. The molecule has 0 N–H and O–H groups in total. The number of carbonyl (C=O) groups is 1. The van der Waals surface area contributed by atoms with Crippen molar-refractivity contribution in [2.45, 2.75) is 45.6 Å². The summed E-state index contributed by atoms with van der Waals surface area (Å²) in [6.45, 7) is 4.78. The van der Waals surface area contributed by atoms with E-state index in [2.05, 4.69) is 6.92 Å². The normalized spacial score (nSPS) is 22.8. The molecule has 0 bridgehead atoms. The summed E-state index contributed by atoms with van der Waals surface area (Å²) in [5, 5.41) is 0. The first-order valence-electron chi connectivity index (χ1n) is 7.13. The van der Waals surface area contributed by atoms with Crippen molar-refractivity contribution in [2.24, 2.45) is 5.92 Å². The molecule has 1 aliphatic carbocycles. The summed E-state index contributed by atoms with van der Waals surface area (Å²) >= 11 is 0. The standard InChI is InChI=1S/C16H22O3/c1-3-18-14-9-7-13(8-10-14)16(17)19-15-6-4-5-12(2)11-15/h7-10,12,15H,3-6,11H2,1-2H3. The second kappa shape index (κ2) is 6.60. The zero-order chi connectivity index (χ0) is 13.7. The lowest BCUT2D eigenvalue weighted by molar-refractivity contribution is 0.0155. The zero-order valence-corrected chi connectivity index (χ0v) is 11.7. The topological polar surface area (TPSA) is 35.5 Å². The minimum absolute atomic E-state index is 0.0859. The number of hydrogen-bond acceptors (Lipinski definition) is 3. The van der Waals surface area contributed by atoms with Gasteiger partial charge in [0, 0.05) is 0 Å². The van der Waals surface area contributed by atoms with E-state index in [4.69, 9.17) is 9.47 Å². The van der Waals surface area contributed by atoms with Crippen molar-refractivity contribution in [3.8, 4) is 5.75 Å². The van der Waals surface area contributed by atoms with Gasteiger partial charge in [0.2, 0.25) is 0 Å². The monoisotopic (exact) mass is 262 g/mol. The highest BCUT2D eigenvalue weighted by Gasteiger charge is 2.22. The maximum atomic E-state index is 12.0. The number of hydrogen-bond donors (Lipinski definition) is 0. The third-order valence-corrected chi connectivity index (χ3v) is 3.56. The van der Waals surface area contributed by atoms with Gasteiger partial charge < -0.3 is 9.47 Å². The Hall–Kier alpha value is -1.51. The van der Waals surface area contributed by atoms with Crippen LogP contribution in [-0.4, -0.2) is 18.7 Å². The maximum absolute atomic E-state index is 12.0. The van der Waals surface area contributed by atoms with E-state index in [-0.39, 0.29) is 12.1 Å². The molecule has 0 spiro atoms. The van der Waals surface area contributed by atoms with E-state index in [1.54, 1.807) is 12.1 Å². The molecule has 1 aromatic carbocycles. The fourth-order valence-corrected chi connectivity index (χ4v) is 2.56. The molecule has 0 aliphatic heterocycles. The van der Waals surface area contributed by atoms with Crippen LogP contribution in [0.3, 0.4) is 0 Å². The maximum Gasteiger partial charge on any atom is 0.338 e. The van der Waals surface area contributed by atoms with Crippen LogP contribution in [0, 0.1) is 5.92 Å². The van der Waals surface area contributed by atoms with Crippen LogP contribution in [-0.2, 0) is 4.74 Å². The van der Waals surface area contributed by atoms with Crippen LogP contribution in [0.4, 0.5) is 0 Å². The summed E-state index contributed by atoms with van der Waals surface area (Å²) in [5.74, 6) is 1.22. The number of benzene rings is 1. The van der Waals surface area contributed by atoms with E-state index in [9.17, 15) is 4.79 Å². The zero-order valence-electron chi connectivity index (χ0n) is 11.7. The minimum atomic E-state index is -0.220. The van der Waals surface area contributed by atoms with Gasteiger partial charge >= 0.3 is 5.97 Å². The molecule has 0 radical (unpaired) electrons. The first kappa shape index (κ1) is 13.9. The lowest BCUT2D eigenvalue weighted by Gasteiger charge is -2.26. The van der Waals surface area contributed by atoms with Gasteiger partial charge in [0.1, 0.15) is 11.9 Å². The molecule has 0 amide bonds. The van der Waals surface area contributed by atoms with Crippen molar-refractivity contribution < 1.29 is 14.3 Å². The number of ether oxygens (including phenoxy) is 2. The molecule has 2 atom stereocenters. The molecule has 1 saturated carbocycles. The second-order valence-corrected chi connectivity index (χ2v) is 5.26. The lowest BCUT2D eigenvalue weighted by Crippen LogP contribution is -2.24. The average molecular weight is 262 g/mol. The van der Waals surface area contributed by atoms with Crippen molar-refractivity contribution in [1.82, 2.24) is 0 Å². The molecule has 2 rings (SSSR count). The largest absolute Gasteiger partial charge is 0.494 e. The van der Waals surface area contributed by atoms with Crippen LogP contribution in [0.2, 0.25) is 0 Å². The molecule has 1 aromatic rings. The van der Waals surface area contributed by atoms with E-state index in [1.807, 2.05) is 19.1 Å². The number of carbonyl (C=O) groups excluding carboxylic acids is 1. The Kier molecular flexibility index (Phi) is 4.83. The Morgan fingerprint density at radius 2 is 2.00 bits per heavy atom. The second-order valence-electron chi connectivity index (χ2n) is 5.26. The first-order chi connectivity index (χ1) is 9.19. The molecular formula is C16H22O3. The molecule has 0 aromatic heterocycles. The van der Waals surface area contributed by atoms with Gasteiger partial charge in [-0.25, -0.2) is 4.79 Å². The highest BCUT2D eigenvalue weighted by atomic mass is 16.5. The van der Waals surface area contributed by atoms with E-state index < -0.39 is 0 Å². The molecule has 3 nitrogen and oxygen atoms in total. The molecular weight excluding hydrogens is 240 g/mol. The van der Waals surface area contributed by atoms with Gasteiger partial charge in [0.05, 0.1) is 12.2 Å². The Morgan fingerprint density at radius 1 is 1.26 bits per heavy atom. The molecule has 19 heavy (non-hydrogen) atoms. The van der Waals surface area contributed by atoms with Gasteiger partial charge in [-0.1, -0.05) is 13.3 Å². The van der Waals surface area contributed by atoms with Crippen molar-refractivity contribution in [3.63, 3.8) is 0 Å². The van der Waals surface area contributed by atoms with Crippen molar-refractivity contribution in [3.05, 3.63) is 29.8 Å². The third-order valence-electron chi connectivity index (χ3n) is 3.56. The van der Waals surface area contributed by atoms with Crippen LogP contribution in [0.1, 0.15) is 49.9 Å². The van der Waals surface area contributed by atoms with E-state index in [1.165, 1.54) is 6.42 Å². The molecule has 104 valence electrons. The SMILES string of the molecule is CCOc1ccc(C(=O)OC2CCCC(C)C2)cc1.